The molecule has 25 heavy (non-hydrogen) atoms. The Kier molecular flexibility index (Phi) is 5.38. The second kappa shape index (κ2) is 7.88. The number of rotatable bonds is 5. The van der Waals surface area contributed by atoms with Crippen LogP contribution >= 0.6 is 0 Å². The first-order valence-electron chi connectivity index (χ1n) is 8.95. The van der Waals surface area contributed by atoms with Gasteiger partial charge in [0.25, 0.3) is 0 Å². The standard InChI is InChI=1S/C24H25N.H2/c1-4-19-12-6-11-17-23(19)24(5-2)25-18(3)21-15-9-7-13-20-14-8-10-16-22(20)21;/h6,8-18,25H,2,4,7H2,1,3H3;1H/t18-;/m1./s1. The topological polar surface area (TPSA) is 12.0 Å². The van der Waals surface area contributed by atoms with Crippen molar-refractivity contribution >= 4 is 17.3 Å². The average Bonchev–Trinajstić information content (AvgIpc) is 2.88. The predicted molar refractivity (Wildman–Crippen MR) is 110 cm³/mol. The molecule has 0 aliphatic heterocycles. The van der Waals surface area contributed by atoms with Crippen LogP contribution in [0.25, 0.3) is 17.3 Å². The molecule has 1 atom stereocenters. The van der Waals surface area contributed by atoms with Crippen LogP contribution in [0.4, 0.5) is 0 Å². The second-order valence-electron chi connectivity index (χ2n) is 6.31. The highest BCUT2D eigenvalue weighted by atomic mass is 14.9. The normalized spacial score (nSPS) is 13.9. The Morgan fingerprint density at radius 2 is 1.96 bits per heavy atom. The molecule has 0 saturated heterocycles. The van der Waals surface area contributed by atoms with Crippen molar-refractivity contribution in [2.75, 3.05) is 0 Å². The zero-order valence-electron chi connectivity index (χ0n) is 15.0. The van der Waals surface area contributed by atoms with Crippen LogP contribution < -0.4 is 15.8 Å². The second-order valence-corrected chi connectivity index (χ2v) is 6.31. The van der Waals surface area contributed by atoms with E-state index >= 15 is 0 Å². The van der Waals surface area contributed by atoms with Gasteiger partial charge in [-0.15, -0.1) is 5.73 Å². The van der Waals surface area contributed by atoms with Crippen LogP contribution in [0.2, 0.25) is 0 Å². The third kappa shape index (κ3) is 3.68. The fourth-order valence-electron chi connectivity index (χ4n) is 3.39. The van der Waals surface area contributed by atoms with E-state index in [4.69, 9.17) is 0 Å². The highest BCUT2D eigenvalue weighted by Gasteiger charge is 2.13. The number of nitrogens with one attached hydrogen (secondary N) is 1. The van der Waals surface area contributed by atoms with Crippen LogP contribution in [0.15, 0.2) is 73.0 Å². The molecule has 2 aromatic rings. The average molecular weight is 329 g/mol. The van der Waals surface area contributed by atoms with Crippen molar-refractivity contribution < 1.29 is 1.43 Å². The van der Waals surface area contributed by atoms with Crippen LogP contribution in [-0.4, -0.2) is 6.04 Å². The number of allylic oxidation sites excluding steroid dienone is 1. The molecule has 0 aromatic heterocycles. The minimum atomic E-state index is 0. The van der Waals surface area contributed by atoms with E-state index in [9.17, 15) is 0 Å². The summed E-state index contributed by atoms with van der Waals surface area (Å²) < 4.78 is 0. The summed E-state index contributed by atoms with van der Waals surface area (Å²) in [6.07, 6.45) is 8.71. The Morgan fingerprint density at radius 1 is 1.20 bits per heavy atom. The van der Waals surface area contributed by atoms with Gasteiger partial charge in [0.1, 0.15) is 0 Å². The van der Waals surface area contributed by atoms with Crippen molar-refractivity contribution in [3.8, 4) is 0 Å². The van der Waals surface area contributed by atoms with Gasteiger partial charge in [-0.25, -0.2) is 0 Å². The SMILES string of the molecule is C=C=C(N[C@H](C)C1=c2ccccc2=CCC=C1)c1ccccc1CC.[HH]. The maximum atomic E-state index is 3.92. The third-order valence-electron chi connectivity index (χ3n) is 4.71. The fraction of sp³-hybridized carbons (Fsp3) is 0.208. The number of fused-ring (bicyclic) bond motifs is 1. The molecule has 0 saturated carbocycles. The van der Waals surface area contributed by atoms with Gasteiger partial charge in [-0.1, -0.05) is 80.3 Å². The minimum Gasteiger partial charge on any atom is -0.372 e. The van der Waals surface area contributed by atoms with E-state index in [1.165, 1.54) is 27.1 Å². The zero-order valence-corrected chi connectivity index (χ0v) is 15.0. The molecule has 0 unspecified atom stereocenters. The molecule has 128 valence electrons. The molecule has 0 bridgehead atoms. The van der Waals surface area contributed by atoms with Crippen LogP contribution in [0, 0.1) is 0 Å². The summed E-state index contributed by atoms with van der Waals surface area (Å²) in [4.78, 5) is 0. The lowest BCUT2D eigenvalue weighted by Gasteiger charge is -2.20. The summed E-state index contributed by atoms with van der Waals surface area (Å²) in [5.74, 6) is 0. The summed E-state index contributed by atoms with van der Waals surface area (Å²) >= 11 is 0. The Labute approximate surface area is 151 Å². The van der Waals surface area contributed by atoms with E-state index < -0.39 is 0 Å². The molecule has 3 rings (SSSR count). The highest BCUT2D eigenvalue weighted by Crippen LogP contribution is 2.19. The molecule has 1 N–H and O–H groups in total. The first-order chi connectivity index (χ1) is 12.2. The zero-order chi connectivity index (χ0) is 17.6. The monoisotopic (exact) mass is 329 g/mol. The summed E-state index contributed by atoms with van der Waals surface area (Å²) in [7, 11) is 0. The highest BCUT2D eigenvalue weighted by molar-refractivity contribution is 5.71. The van der Waals surface area contributed by atoms with E-state index in [0.29, 0.717) is 0 Å². The smallest absolute Gasteiger partial charge is 0.0848 e. The summed E-state index contributed by atoms with van der Waals surface area (Å²) in [5, 5.41) is 6.23. The maximum Gasteiger partial charge on any atom is 0.0848 e. The van der Waals surface area contributed by atoms with E-state index in [1.54, 1.807) is 0 Å². The van der Waals surface area contributed by atoms with Gasteiger partial charge in [0.15, 0.2) is 0 Å². The fourth-order valence-corrected chi connectivity index (χ4v) is 3.39. The molecule has 0 amide bonds. The molecule has 0 radical (unpaired) electrons. The van der Waals surface area contributed by atoms with Crippen LogP contribution in [0.1, 0.15) is 32.8 Å². The first kappa shape index (κ1) is 17.1. The van der Waals surface area contributed by atoms with Gasteiger partial charge in [0.2, 0.25) is 0 Å². The lowest BCUT2D eigenvalue weighted by molar-refractivity contribution is 0.802. The van der Waals surface area contributed by atoms with Gasteiger partial charge >= 0.3 is 0 Å². The van der Waals surface area contributed by atoms with Gasteiger partial charge in [-0.2, -0.15) is 0 Å². The maximum absolute atomic E-state index is 3.92. The molecule has 1 heteroatoms. The minimum absolute atomic E-state index is 0. The van der Waals surface area contributed by atoms with Gasteiger partial charge in [-0.05, 0) is 41.3 Å². The molecular formula is C24H27N. The molecule has 1 nitrogen and oxygen atoms in total. The van der Waals surface area contributed by atoms with Crippen molar-refractivity contribution in [2.24, 2.45) is 0 Å². The third-order valence-corrected chi connectivity index (χ3v) is 4.71. The molecule has 1 aliphatic rings. The quantitative estimate of drug-likeness (QED) is 0.811. The molecule has 0 fully saturated rings. The molecule has 2 aromatic carbocycles. The number of benzene rings is 2. The van der Waals surface area contributed by atoms with E-state index in [0.717, 1.165) is 18.5 Å². The van der Waals surface area contributed by atoms with Gasteiger partial charge in [0.05, 0.1) is 5.70 Å². The van der Waals surface area contributed by atoms with Crippen molar-refractivity contribution in [3.63, 3.8) is 0 Å². The lowest BCUT2D eigenvalue weighted by atomic mass is 10.00. The predicted octanol–water partition coefficient (Wildman–Crippen LogP) is 4.19. The molecule has 0 spiro atoms. The molecule has 1 aliphatic carbocycles. The largest absolute Gasteiger partial charge is 0.372 e. The summed E-state index contributed by atoms with van der Waals surface area (Å²) in [6.45, 7) is 8.30. The van der Waals surface area contributed by atoms with Crippen molar-refractivity contribution in [3.05, 3.63) is 94.6 Å². The molecule has 0 heterocycles. The Bertz CT molecular complexity index is 962. The Balaban J connectivity index is 0.00000243. The van der Waals surface area contributed by atoms with Crippen LogP contribution in [0.3, 0.4) is 0 Å². The number of aryl methyl sites for hydroxylation is 1. The molecular weight excluding hydrogens is 302 g/mol. The summed E-state index contributed by atoms with van der Waals surface area (Å²) in [6, 6.07) is 17.2. The number of hydrogen-bond acceptors (Lipinski definition) is 1. The van der Waals surface area contributed by atoms with Crippen molar-refractivity contribution in [1.82, 2.24) is 5.32 Å². The van der Waals surface area contributed by atoms with E-state index in [1.807, 2.05) is 0 Å². The van der Waals surface area contributed by atoms with Crippen molar-refractivity contribution in [1.29, 1.82) is 0 Å². The van der Waals surface area contributed by atoms with Crippen molar-refractivity contribution in [2.45, 2.75) is 32.7 Å². The lowest BCUT2D eigenvalue weighted by Crippen LogP contribution is -2.34. The van der Waals surface area contributed by atoms with Crippen LogP contribution in [-0.2, 0) is 6.42 Å². The van der Waals surface area contributed by atoms with Gasteiger partial charge in [-0.3, -0.25) is 0 Å². The summed E-state index contributed by atoms with van der Waals surface area (Å²) in [5.41, 5.74) is 7.87. The van der Waals surface area contributed by atoms with E-state index in [2.05, 4.69) is 98.2 Å². The number of hydrogen-bond donors (Lipinski definition) is 1. The van der Waals surface area contributed by atoms with Gasteiger partial charge in [0, 0.05) is 13.0 Å². The Hall–Kier alpha value is -2.76. The van der Waals surface area contributed by atoms with Crippen LogP contribution in [0.5, 0.6) is 0 Å². The Morgan fingerprint density at radius 3 is 2.76 bits per heavy atom. The van der Waals surface area contributed by atoms with E-state index in [-0.39, 0.29) is 7.47 Å². The first-order valence-corrected chi connectivity index (χ1v) is 8.95. The van der Waals surface area contributed by atoms with Gasteiger partial charge < -0.3 is 5.32 Å².